The molecule has 2 aromatic rings. The summed E-state index contributed by atoms with van der Waals surface area (Å²) in [6, 6.07) is 12.7. The number of nitro benzene ring substituents is 1. The first-order valence-electron chi connectivity index (χ1n) is 7.10. The quantitative estimate of drug-likeness (QED) is 0.456. The fourth-order valence-electron chi connectivity index (χ4n) is 1.89. The number of carbonyl (C=O) groups excluding carboxylic acids is 1. The molecule has 7 nitrogen and oxygen atoms in total. The molecule has 2 aromatic carbocycles. The number of para-hydroxylation sites is 2. The van der Waals surface area contributed by atoms with E-state index >= 15 is 0 Å². The summed E-state index contributed by atoms with van der Waals surface area (Å²) in [5, 5.41) is 13.5. The largest absolute Gasteiger partial charge is 0.489 e. The van der Waals surface area contributed by atoms with E-state index in [1.807, 2.05) is 0 Å². The minimum atomic E-state index is -0.562. The van der Waals surface area contributed by atoms with Crippen LogP contribution < -0.4 is 14.8 Å². The van der Waals surface area contributed by atoms with Crippen molar-refractivity contribution in [2.75, 3.05) is 18.5 Å². The van der Waals surface area contributed by atoms with Gasteiger partial charge in [0.1, 0.15) is 12.4 Å². The molecule has 0 aliphatic heterocycles. The van der Waals surface area contributed by atoms with Gasteiger partial charge in [0, 0.05) is 17.8 Å². The highest BCUT2D eigenvalue weighted by Crippen LogP contribution is 2.25. The van der Waals surface area contributed by atoms with Gasteiger partial charge in [0.2, 0.25) is 0 Å². The molecule has 1 amide bonds. The van der Waals surface area contributed by atoms with E-state index in [-0.39, 0.29) is 18.0 Å². The fourth-order valence-corrected chi connectivity index (χ4v) is 1.89. The van der Waals surface area contributed by atoms with Crippen LogP contribution in [-0.2, 0) is 4.79 Å². The standard InChI is InChI=1S/C17H16N2O5/c1-2-10-23-14-7-5-6-13(11-14)18-17(20)12-24-16-9-4-3-8-15(16)19(21)22/h2-9,11H,1,10,12H2,(H,18,20). The van der Waals surface area contributed by atoms with Gasteiger partial charge in [-0.25, -0.2) is 0 Å². The number of ether oxygens (including phenoxy) is 2. The van der Waals surface area contributed by atoms with E-state index in [1.54, 1.807) is 36.4 Å². The molecule has 0 aromatic heterocycles. The van der Waals surface area contributed by atoms with Crippen molar-refractivity contribution < 1.29 is 19.2 Å². The summed E-state index contributed by atoms with van der Waals surface area (Å²) in [5.41, 5.74) is 0.345. The molecule has 0 radical (unpaired) electrons. The molecule has 1 N–H and O–H groups in total. The van der Waals surface area contributed by atoms with Gasteiger partial charge in [-0.2, -0.15) is 0 Å². The summed E-state index contributed by atoms with van der Waals surface area (Å²) in [6.07, 6.45) is 1.62. The Bertz CT molecular complexity index is 745. The first-order chi connectivity index (χ1) is 11.6. The lowest BCUT2D eigenvalue weighted by Crippen LogP contribution is -2.20. The number of nitrogens with one attached hydrogen (secondary N) is 1. The Hall–Kier alpha value is -3.35. The number of rotatable bonds is 8. The molecule has 0 fully saturated rings. The van der Waals surface area contributed by atoms with E-state index in [4.69, 9.17) is 9.47 Å². The average molecular weight is 328 g/mol. The number of nitro groups is 1. The summed E-state index contributed by atoms with van der Waals surface area (Å²) in [5.74, 6) is 0.196. The molecule has 0 aliphatic rings. The molecular formula is C17H16N2O5. The van der Waals surface area contributed by atoms with Crippen molar-refractivity contribution >= 4 is 17.3 Å². The highest BCUT2D eigenvalue weighted by molar-refractivity contribution is 5.92. The Kier molecular flexibility index (Phi) is 5.90. The topological polar surface area (TPSA) is 90.7 Å². The lowest BCUT2D eigenvalue weighted by atomic mass is 10.3. The summed E-state index contributed by atoms with van der Waals surface area (Å²) in [4.78, 5) is 22.3. The molecule has 2 rings (SSSR count). The van der Waals surface area contributed by atoms with Crippen molar-refractivity contribution in [1.29, 1.82) is 0 Å². The smallest absolute Gasteiger partial charge is 0.310 e. The Labute approximate surface area is 138 Å². The van der Waals surface area contributed by atoms with Crippen molar-refractivity contribution in [3.8, 4) is 11.5 Å². The van der Waals surface area contributed by atoms with Crippen LogP contribution >= 0.6 is 0 Å². The summed E-state index contributed by atoms with van der Waals surface area (Å²) in [7, 11) is 0. The summed E-state index contributed by atoms with van der Waals surface area (Å²) < 4.78 is 10.6. The average Bonchev–Trinajstić information content (AvgIpc) is 2.58. The van der Waals surface area contributed by atoms with E-state index in [0.717, 1.165) is 0 Å². The molecule has 0 spiro atoms. The third kappa shape index (κ3) is 4.84. The van der Waals surface area contributed by atoms with Crippen LogP contribution in [0.15, 0.2) is 61.2 Å². The molecule has 0 bridgehead atoms. The first kappa shape index (κ1) is 17.0. The monoisotopic (exact) mass is 328 g/mol. The van der Waals surface area contributed by atoms with Gasteiger partial charge in [0.25, 0.3) is 5.91 Å². The Morgan fingerprint density at radius 1 is 1.21 bits per heavy atom. The van der Waals surface area contributed by atoms with Crippen molar-refractivity contribution in [3.63, 3.8) is 0 Å². The number of carbonyl (C=O) groups is 1. The Morgan fingerprint density at radius 3 is 2.75 bits per heavy atom. The van der Waals surface area contributed by atoms with E-state index in [2.05, 4.69) is 11.9 Å². The Balaban J connectivity index is 1.94. The molecule has 124 valence electrons. The van der Waals surface area contributed by atoms with Gasteiger partial charge in [0.05, 0.1) is 4.92 Å². The van der Waals surface area contributed by atoms with Crippen molar-refractivity contribution in [2.45, 2.75) is 0 Å². The van der Waals surface area contributed by atoms with Crippen LogP contribution in [0, 0.1) is 10.1 Å². The van der Waals surface area contributed by atoms with Crippen molar-refractivity contribution in [2.24, 2.45) is 0 Å². The molecule has 0 saturated carbocycles. The normalized spacial score (nSPS) is 9.83. The van der Waals surface area contributed by atoms with E-state index in [9.17, 15) is 14.9 Å². The SMILES string of the molecule is C=CCOc1cccc(NC(=O)COc2ccccc2[N+](=O)[O-])c1. The van der Waals surface area contributed by atoms with Crippen LogP contribution in [0.1, 0.15) is 0 Å². The lowest BCUT2D eigenvalue weighted by Gasteiger charge is -2.09. The minimum absolute atomic E-state index is 0.0423. The third-order valence-corrected chi connectivity index (χ3v) is 2.91. The minimum Gasteiger partial charge on any atom is -0.489 e. The number of benzene rings is 2. The molecule has 7 heteroatoms. The summed E-state index contributed by atoms with van der Waals surface area (Å²) >= 11 is 0. The van der Waals surface area contributed by atoms with E-state index < -0.39 is 10.8 Å². The predicted octanol–water partition coefficient (Wildman–Crippen LogP) is 3.18. The summed E-state index contributed by atoms with van der Waals surface area (Å²) in [6.45, 7) is 3.57. The van der Waals surface area contributed by atoms with Crippen LogP contribution in [0.5, 0.6) is 11.5 Å². The van der Waals surface area contributed by atoms with Gasteiger partial charge in [0.15, 0.2) is 12.4 Å². The van der Waals surface area contributed by atoms with Gasteiger partial charge in [-0.3, -0.25) is 14.9 Å². The van der Waals surface area contributed by atoms with E-state index in [0.29, 0.717) is 18.0 Å². The Morgan fingerprint density at radius 2 is 2.00 bits per heavy atom. The maximum atomic E-state index is 11.9. The van der Waals surface area contributed by atoms with Crippen LogP contribution in [0.25, 0.3) is 0 Å². The first-order valence-corrected chi connectivity index (χ1v) is 7.10. The van der Waals surface area contributed by atoms with Crippen LogP contribution in [0.3, 0.4) is 0 Å². The zero-order valence-corrected chi connectivity index (χ0v) is 12.8. The maximum absolute atomic E-state index is 11.9. The van der Waals surface area contributed by atoms with Gasteiger partial charge in [-0.1, -0.05) is 30.9 Å². The van der Waals surface area contributed by atoms with Gasteiger partial charge in [-0.05, 0) is 18.2 Å². The van der Waals surface area contributed by atoms with Crippen molar-refractivity contribution in [1.82, 2.24) is 0 Å². The highest BCUT2D eigenvalue weighted by Gasteiger charge is 2.15. The predicted molar refractivity (Wildman–Crippen MR) is 89.4 cm³/mol. The molecule has 0 saturated heterocycles. The third-order valence-electron chi connectivity index (χ3n) is 2.91. The van der Waals surface area contributed by atoms with Gasteiger partial charge in [-0.15, -0.1) is 0 Å². The zero-order valence-electron chi connectivity index (χ0n) is 12.8. The van der Waals surface area contributed by atoms with Crippen LogP contribution in [0.2, 0.25) is 0 Å². The van der Waals surface area contributed by atoms with Gasteiger partial charge >= 0.3 is 5.69 Å². The lowest BCUT2D eigenvalue weighted by molar-refractivity contribution is -0.385. The number of hydrogen-bond donors (Lipinski definition) is 1. The molecule has 0 unspecified atom stereocenters. The van der Waals surface area contributed by atoms with Crippen molar-refractivity contribution in [3.05, 3.63) is 71.3 Å². The van der Waals surface area contributed by atoms with Gasteiger partial charge < -0.3 is 14.8 Å². The molecule has 0 heterocycles. The van der Waals surface area contributed by atoms with Crippen LogP contribution in [-0.4, -0.2) is 24.0 Å². The second-order valence-electron chi connectivity index (χ2n) is 4.69. The molecule has 0 aliphatic carbocycles. The number of amides is 1. The number of anilines is 1. The number of nitrogens with zero attached hydrogens (tertiary/aromatic N) is 1. The highest BCUT2D eigenvalue weighted by atomic mass is 16.6. The molecule has 24 heavy (non-hydrogen) atoms. The van der Waals surface area contributed by atoms with Crippen LogP contribution in [0.4, 0.5) is 11.4 Å². The fraction of sp³-hybridized carbons (Fsp3) is 0.118. The van der Waals surface area contributed by atoms with E-state index in [1.165, 1.54) is 18.2 Å². The molecular weight excluding hydrogens is 312 g/mol. The number of hydrogen-bond acceptors (Lipinski definition) is 5. The maximum Gasteiger partial charge on any atom is 0.310 e. The zero-order chi connectivity index (χ0) is 17.4. The second kappa shape index (κ2) is 8.33. The molecule has 0 atom stereocenters. The second-order valence-corrected chi connectivity index (χ2v) is 4.69.